The quantitative estimate of drug-likeness (QED) is 0.279. The van der Waals surface area contributed by atoms with Gasteiger partial charge in [0, 0.05) is 28.2 Å². The number of unbranched alkanes of at least 4 members (excludes halogenated alkanes) is 2. The summed E-state index contributed by atoms with van der Waals surface area (Å²) in [6.07, 6.45) is 2.55. The summed E-state index contributed by atoms with van der Waals surface area (Å²) in [5.74, 6) is 0.909. The van der Waals surface area contributed by atoms with Crippen molar-refractivity contribution in [2.75, 3.05) is 6.61 Å². The van der Waals surface area contributed by atoms with Gasteiger partial charge in [-0.2, -0.15) is 0 Å². The SMILES string of the molecule is O=C(O)CCCCCOc1ccc2nc(-c3ccc(Br)cc3)n(-c3ccccc3)c2c1. The van der Waals surface area contributed by atoms with E-state index in [2.05, 4.69) is 44.8 Å². The second kappa shape index (κ2) is 9.79. The monoisotopic (exact) mass is 478 g/mol. The molecular formula is C25H23BrN2O3. The summed E-state index contributed by atoms with van der Waals surface area (Å²) in [6.45, 7) is 0.560. The normalized spacial score (nSPS) is 11.0. The number of benzene rings is 3. The van der Waals surface area contributed by atoms with Gasteiger partial charge < -0.3 is 9.84 Å². The molecule has 0 saturated heterocycles. The number of halogens is 1. The van der Waals surface area contributed by atoms with Gasteiger partial charge in [-0.15, -0.1) is 0 Å². The Morgan fingerprint density at radius 3 is 2.48 bits per heavy atom. The highest BCUT2D eigenvalue weighted by Gasteiger charge is 2.15. The lowest BCUT2D eigenvalue weighted by Crippen LogP contribution is -2.00. The molecule has 0 radical (unpaired) electrons. The van der Waals surface area contributed by atoms with Crippen molar-refractivity contribution in [1.29, 1.82) is 0 Å². The van der Waals surface area contributed by atoms with E-state index in [9.17, 15) is 4.79 Å². The van der Waals surface area contributed by atoms with Crippen LogP contribution in [0, 0.1) is 0 Å². The molecule has 158 valence electrons. The van der Waals surface area contributed by atoms with Gasteiger partial charge in [0.05, 0.1) is 17.6 Å². The standard InChI is InChI=1S/C25H23BrN2O3/c26-19-12-10-18(11-13-19)25-27-22-15-14-21(31-16-6-2-5-9-24(29)30)17-23(22)28(25)20-7-3-1-4-8-20/h1,3-4,7-8,10-15,17H,2,5-6,9,16H2,(H,29,30). The van der Waals surface area contributed by atoms with Crippen LogP contribution in [0.2, 0.25) is 0 Å². The first-order chi connectivity index (χ1) is 15.1. The predicted molar refractivity (Wildman–Crippen MR) is 126 cm³/mol. The Bertz CT molecular complexity index is 1170. The van der Waals surface area contributed by atoms with E-state index >= 15 is 0 Å². The van der Waals surface area contributed by atoms with Gasteiger partial charge in [-0.3, -0.25) is 9.36 Å². The number of rotatable bonds is 9. The maximum atomic E-state index is 10.6. The number of aliphatic carboxylic acids is 1. The van der Waals surface area contributed by atoms with Gasteiger partial charge in [0.1, 0.15) is 11.6 Å². The minimum atomic E-state index is -0.748. The first-order valence-corrected chi connectivity index (χ1v) is 11.1. The van der Waals surface area contributed by atoms with Crippen molar-refractivity contribution in [3.63, 3.8) is 0 Å². The Balaban J connectivity index is 1.63. The van der Waals surface area contributed by atoms with Crippen molar-refractivity contribution < 1.29 is 14.6 Å². The van der Waals surface area contributed by atoms with E-state index in [0.717, 1.165) is 51.2 Å². The summed E-state index contributed by atoms with van der Waals surface area (Å²) in [5.41, 5.74) is 3.95. The summed E-state index contributed by atoms with van der Waals surface area (Å²) in [7, 11) is 0. The van der Waals surface area contributed by atoms with E-state index in [1.165, 1.54) is 0 Å². The summed E-state index contributed by atoms with van der Waals surface area (Å²) in [5, 5.41) is 8.72. The number of carboxylic acids is 1. The molecule has 0 fully saturated rings. The molecule has 0 amide bonds. The smallest absolute Gasteiger partial charge is 0.303 e. The number of carbonyl (C=O) groups is 1. The summed E-state index contributed by atoms with van der Waals surface area (Å²) >= 11 is 3.50. The lowest BCUT2D eigenvalue weighted by atomic mass is 10.2. The van der Waals surface area contributed by atoms with Gasteiger partial charge in [0.25, 0.3) is 0 Å². The molecule has 31 heavy (non-hydrogen) atoms. The van der Waals surface area contributed by atoms with E-state index in [-0.39, 0.29) is 6.42 Å². The topological polar surface area (TPSA) is 64.3 Å². The number of hydrogen-bond acceptors (Lipinski definition) is 3. The first-order valence-electron chi connectivity index (χ1n) is 10.3. The molecule has 0 bridgehead atoms. The van der Waals surface area contributed by atoms with Crippen LogP contribution in [0.3, 0.4) is 0 Å². The number of nitrogens with zero attached hydrogens (tertiary/aromatic N) is 2. The second-order valence-electron chi connectivity index (χ2n) is 7.32. The Labute approximate surface area is 189 Å². The fourth-order valence-electron chi connectivity index (χ4n) is 3.52. The van der Waals surface area contributed by atoms with Crippen LogP contribution >= 0.6 is 15.9 Å². The number of carboxylic acid groups (broad SMARTS) is 1. The van der Waals surface area contributed by atoms with Crippen molar-refractivity contribution in [1.82, 2.24) is 9.55 Å². The van der Waals surface area contributed by atoms with Crippen LogP contribution in [0.4, 0.5) is 0 Å². The zero-order valence-corrected chi connectivity index (χ0v) is 18.6. The van der Waals surface area contributed by atoms with E-state index in [0.29, 0.717) is 13.0 Å². The third-order valence-corrected chi connectivity index (χ3v) is 5.58. The molecule has 0 spiro atoms. The lowest BCUT2D eigenvalue weighted by Gasteiger charge is -2.11. The molecule has 4 aromatic rings. The van der Waals surface area contributed by atoms with Crippen LogP contribution in [-0.4, -0.2) is 27.2 Å². The highest BCUT2D eigenvalue weighted by molar-refractivity contribution is 9.10. The summed E-state index contributed by atoms with van der Waals surface area (Å²) in [4.78, 5) is 15.5. The number of ether oxygens (including phenoxy) is 1. The van der Waals surface area contributed by atoms with Crippen molar-refractivity contribution in [2.24, 2.45) is 0 Å². The Morgan fingerprint density at radius 1 is 0.968 bits per heavy atom. The molecule has 1 heterocycles. The number of imidazole rings is 1. The number of fused-ring (bicyclic) bond motifs is 1. The molecule has 4 rings (SSSR count). The molecule has 5 nitrogen and oxygen atoms in total. The third kappa shape index (κ3) is 5.14. The molecule has 1 aromatic heterocycles. The van der Waals surface area contributed by atoms with E-state index < -0.39 is 5.97 Å². The summed E-state index contributed by atoms with van der Waals surface area (Å²) < 4.78 is 9.12. The third-order valence-electron chi connectivity index (χ3n) is 5.05. The highest BCUT2D eigenvalue weighted by atomic mass is 79.9. The lowest BCUT2D eigenvalue weighted by molar-refractivity contribution is -0.137. The van der Waals surface area contributed by atoms with Crippen molar-refractivity contribution in [3.8, 4) is 22.8 Å². The second-order valence-corrected chi connectivity index (χ2v) is 8.23. The minimum Gasteiger partial charge on any atom is -0.494 e. The Morgan fingerprint density at radius 2 is 1.74 bits per heavy atom. The average molecular weight is 479 g/mol. The number of para-hydroxylation sites is 1. The van der Waals surface area contributed by atoms with Crippen LogP contribution in [0.15, 0.2) is 77.3 Å². The number of aromatic nitrogens is 2. The van der Waals surface area contributed by atoms with Crippen LogP contribution in [0.25, 0.3) is 28.1 Å². The first kappa shape index (κ1) is 21.1. The van der Waals surface area contributed by atoms with Crippen LogP contribution < -0.4 is 4.74 Å². The Kier molecular flexibility index (Phi) is 6.67. The van der Waals surface area contributed by atoms with E-state index in [4.69, 9.17) is 14.8 Å². The average Bonchev–Trinajstić information content (AvgIpc) is 3.16. The molecule has 0 aliphatic heterocycles. The van der Waals surface area contributed by atoms with Gasteiger partial charge in [0.2, 0.25) is 0 Å². The largest absolute Gasteiger partial charge is 0.494 e. The van der Waals surface area contributed by atoms with Gasteiger partial charge in [0.15, 0.2) is 0 Å². The fourth-order valence-corrected chi connectivity index (χ4v) is 3.79. The maximum Gasteiger partial charge on any atom is 0.303 e. The van der Waals surface area contributed by atoms with Gasteiger partial charge in [-0.05, 0) is 55.7 Å². The van der Waals surface area contributed by atoms with E-state index in [1.807, 2.05) is 48.5 Å². The molecule has 0 atom stereocenters. The minimum absolute atomic E-state index is 0.209. The Hall–Kier alpha value is -3.12. The van der Waals surface area contributed by atoms with E-state index in [1.54, 1.807) is 0 Å². The van der Waals surface area contributed by atoms with Crippen LogP contribution in [0.1, 0.15) is 25.7 Å². The fraction of sp³-hybridized carbons (Fsp3) is 0.200. The van der Waals surface area contributed by atoms with Crippen LogP contribution in [-0.2, 0) is 4.79 Å². The van der Waals surface area contributed by atoms with Gasteiger partial charge in [-0.25, -0.2) is 4.98 Å². The molecular weight excluding hydrogens is 456 g/mol. The van der Waals surface area contributed by atoms with Crippen molar-refractivity contribution >= 4 is 32.9 Å². The van der Waals surface area contributed by atoms with Crippen molar-refractivity contribution in [2.45, 2.75) is 25.7 Å². The zero-order chi connectivity index (χ0) is 21.6. The molecule has 0 unspecified atom stereocenters. The maximum absolute atomic E-state index is 10.6. The molecule has 0 aliphatic carbocycles. The molecule has 3 aromatic carbocycles. The zero-order valence-electron chi connectivity index (χ0n) is 17.0. The molecule has 0 aliphatic rings. The molecule has 0 saturated carbocycles. The highest BCUT2D eigenvalue weighted by Crippen LogP contribution is 2.31. The molecule has 1 N–H and O–H groups in total. The summed E-state index contributed by atoms with van der Waals surface area (Å²) in [6, 6.07) is 24.3. The molecule has 6 heteroatoms. The van der Waals surface area contributed by atoms with Crippen LogP contribution in [0.5, 0.6) is 5.75 Å². The van der Waals surface area contributed by atoms with Gasteiger partial charge in [-0.1, -0.05) is 46.3 Å². The number of hydrogen-bond donors (Lipinski definition) is 1. The van der Waals surface area contributed by atoms with Crippen molar-refractivity contribution in [3.05, 3.63) is 77.3 Å². The van der Waals surface area contributed by atoms with Gasteiger partial charge >= 0.3 is 5.97 Å². The predicted octanol–water partition coefficient (Wildman–Crippen LogP) is 6.48.